The molecule has 0 fully saturated rings. The summed E-state index contributed by atoms with van der Waals surface area (Å²) in [6.45, 7) is 5.87. The Balaban J connectivity index is 1.62. The molecule has 0 aliphatic rings. The zero-order valence-electron chi connectivity index (χ0n) is 13.0. The Kier molecular flexibility index (Phi) is 4.35. The second-order valence-electron chi connectivity index (χ2n) is 5.18. The molecule has 0 saturated heterocycles. The molecule has 1 aromatic carbocycles. The second-order valence-corrected chi connectivity index (χ2v) is 6.47. The third-order valence-electron chi connectivity index (χ3n) is 3.36. The van der Waals surface area contributed by atoms with Crippen LogP contribution in [0.5, 0.6) is 5.75 Å². The number of aryl methyl sites for hydroxylation is 1. The van der Waals surface area contributed by atoms with Crippen molar-refractivity contribution in [3.05, 3.63) is 65.2 Å². The van der Waals surface area contributed by atoms with Crippen molar-refractivity contribution in [3.8, 4) is 16.3 Å². The number of aromatic amines is 1. The fraction of sp³-hybridized carbons (Fsp3) is 0.0588. The third kappa shape index (κ3) is 3.47. The Labute approximate surface area is 142 Å². The minimum Gasteiger partial charge on any atom is -0.508 e. The minimum atomic E-state index is -0.370. The van der Waals surface area contributed by atoms with Gasteiger partial charge in [0.2, 0.25) is 0 Å². The number of thiophene rings is 1. The molecule has 122 valence electrons. The SMILES string of the molecule is C=C(NNC(=O)c1cc(-c2ccc(C)s2)[nH]n1)c1ccc(O)cc1. The first kappa shape index (κ1) is 15.8. The summed E-state index contributed by atoms with van der Waals surface area (Å²) < 4.78 is 0. The summed E-state index contributed by atoms with van der Waals surface area (Å²) in [6.07, 6.45) is 0. The molecule has 3 aromatic rings. The predicted molar refractivity (Wildman–Crippen MR) is 94.4 cm³/mol. The van der Waals surface area contributed by atoms with E-state index >= 15 is 0 Å². The van der Waals surface area contributed by atoms with Gasteiger partial charge in [0.05, 0.1) is 16.3 Å². The fourth-order valence-corrected chi connectivity index (χ4v) is 2.91. The molecule has 6 nitrogen and oxygen atoms in total. The fourth-order valence-electron chi connectivity index (χ4n) is 2.07. The lowest BCUT2D eigenvalue weighted by atomic mass is 10.2. The quantitative estimate of drug-likeness (QED) is 0.537. The van der Waals surface area contributed by atoms with Crippen LogP contribution in [-0.2, 0) is 0 Å². The van der Waals surface area contributed by atoms with Gasteiger partial charge >= 0.3 is 0 Å². The summed E-state index contributed by atoms with van der Waals surface area (Å²) in [7, 11) is 0. The summed E-state index contributed by atoms with van der Waals surface area (Å²) in [5.74, 6) is -0.200. The highest BCUT2D eigenvalue weighted by Crippen LogP contribution is 2.26. The molecule has 0 aliphatic heterocycles. The van der Waals surface area contributed by atoms with E-state index in [9.17, 15) is 9.90 Å². The standard InChI is InChI=1S/C17H16N4O2S/c1-10-3-8-16(24-10)14-9-15(20-19-14)17(23)21-18-11(2)12-4-6-13(22)7-5-12/h3-9,18,22H,2H2,1H3,(H,19,20)(H,21,23). The number of aromatic hydroxyl groups is 1. The molecule has 0 atom stereocenters. The number of hydrogen-bond acceptors (Lipinski definition) is 5. The molecule has 1 amide bonds. The van der Waals surface area contributed by atoms with Crippen LogP contribution < -0.4 is 10.9 Å². The first-order chi connectivity index (χ1) is 11.5. The molecule has 0 unspecified atom stereocenters. The molecular formula is C17H16N4O2S. The zero-order valence-corrected chi connectivity index (χ0v) is 13.8. The van der Waals surface area contributed by atoms with Gasteiger partial charge in [0.1, 0.15) is 5.75 Å². The van der Waals surface area contributed by atoms with Crippen LogP contribution >= 0.6 is 11.3 Å². The first-order valence-electron chi connectivity index (χ1n) is 7.20. The summed E-state index contributed by atoms with van der Waals surface area (Å²) in [5, 5.41) is 16.2. The summed E-state index contributed by atoms with van der Waals surface area (Å²) in [6, 6.07) is 12.2. The van der Waals surface area contributed by atoms with Crippen LogP contribution in [-0.4, -0.2) is 21.2 Å². The van der Waals surface area contributed by atoms with Gasteiger partial charge in [0.15, 0.2) is 5.69 Å². The van der Waals surface area contributed by atoms with Crippen LogP contribution in [0.3, 0.4) is 0 Å². The molecule has 2 aromatic heterocycles. The minimum absolute atomic E-state index is 0.170. The van der Waals surface area contributed by atoms with Gasteiger partial charge < -0.3 is 5.11 Å². The second kappa shape index (κ2) is 6.59. The van der Waals surface area contributed by atoms with Crippen molar-refractivity contribution in [1.29, 1.82) is 0 Å². The van der Waals surface area contributed by atoms with E-state index in [1.165, 1.54) is 4.88 Å². The molecule has 0 spiro atoms. The smallest absolute Gasteiger partial charge is 0.290 e. The lowest BCUT2D eigenvalue weighted by molar-refractivity contribution is 0.0937. The van der Waals surface area contributed by atoms with E-state index in [-0.39, 0.29) is 17.4 Å². The molecule has 24 heavy (non-hydrogen) atoms. The summed E-state index contributed by atoms with van der Waals surface area (Å²) >= 11 is 1.63. The third-order valence-corrected chi connectivity index (χ3v) is 4.39. The Morgan fingerprint density at radius 2 is 1.96 bits per heavy atom. The zero-order chi connectivity index (χ0) is 17.1. The molecule has 0 aliphatic carbocycles. The molecule has 3 rings (SSSR count). The number of nitrogens with zero attached hydrogens (tertiary/aromatic N) is 1. The van der Waals surface area contributed by atoms with Gasteiger partial charge in [0.25, 0.3) is 5.91 Å². The molecule has 0 bridgehead atoms. The first-order valence-corrected chi connectivity index (χ1v) is 8.01. The van der Waals surface area contributed by atoms with Gasteiger partial charge in [-0.3, -0.25) is 20.7 Å². The number of hydrogen-bond donors (Lipinski definition) is 4. The van der Waals surface area contributed by atoms with Crippen molar-refractivity contribution in [1.82, 2.24) is 21.0 Å². The Morgan fingerprint density at radius 1 is 1.21 bits per heavy atom. The van der Waals surface area contributed by atoms with Gasteiger partial charge in [-0.15, -0.1) is 11.3 Å². The maximum Gasteiger partial charge on any atom is 0.290 e. The number of carbonyl (C=O) groups excluding carboxylic acids is 1. The number of rotatable bonds is 5. The van der Waals surface area contributed by atoms with Gasteiger partial charge in [-0.05, 0) is 55.0 Å². The number of amides is 1. The number of aromatic nitrogens is 2. The topological polar surface area (TPSA) is 90.0 Å². The Morgan fingerprint density at radius 3 is 2.62 bits per heavy atom. The van der Waals surface area contributed by atoms with E-state index in [1.807, 2.05) is 19.1 Å². The molecular weight excluding hydrogens is 324 g/mol. The van der Waals surface area contributed by atoms with E-state index in [0.29, 0.717) is 5.70 Å². The van der Waals surface area contributed by atoms with Crippen LogP contribution in [0.1, 0.15) is 20.9 Å². The monoisotopic (exact) mass is 340 g/mol. The van der Waals surface area contributed by atoms with Crippen LogP contribution in [0, 0.1) is 6.92 Å². The van der Waals surface area contributed by atoms with Gasteiger partial charge in [-0.1, -0.05) is 6.58 Å². The highest BCUT2D eigenvalue weighted by atomic mass is 32.1. The van der Waals surface area contributed by atoms with Crippen LogP contribution in [0.2, 0.25) is 0 Å². The largest absolute Gasteiger partial charge is 0.508 e. The van der Waals surface area contributed by atoms with E-state index in [0.717, 1.165) is 16.1 Å². The Hall–Kier alpha value is -3.06. The molecule has 2 heterocycles. The Bertz CT molecular complexity index is 880. The van der Waals surface area contributed by atoms with Crippen LogP contribution in [0.25, 0.3) is 16.3 Å². The normalized spacial score (nSPS) is 10.4. The number of phenols is 1. The van der Waals surface area contributed by atoms with Gasteiger partial charge in [-0.25, -0.2) is 0 Å². The maximum atomic E-state index is 12.2. The highest BCUT2D eigenvalue weighted by Gasteiger charge is 2.12. The van der Waals surface area contributed by atoms with Gasteiger partial charge in [0, 0.05) is 4.88 Å². The van der Waals surface area contributed by atoms with Crippen molar-refractivity contribution in [2.24, 2.45) is 0 Å². The van der Waals surface area contributed by atoms with E-state index in [2.05, 4.69) is 27.6 Å². The average Bonchev–Trinajstić information content (AvgIpc) is 3.22. The molecule has 0 radical (unpaired) electrons. The number of carbonyl (C=O) groups is 1. The van der Waals surface area contributed by atoms with E-state index in [1.54, 1.807) is 41.7 Å². The highest BCUT2D eigenvalue weighted by molar-refractivity contribution is 7.15. The lowest BCUT2D eigenvalue weighted by Gasteiger charge is -2.10. The number of H-pyrrole nitrogens is 1. The van der Waals surface area contributed by atoms with Crippen molar-refractivity contribution < 1.29 is 9.90 Å². The molecule has 7 heteroatoms. The van der Waals surface area contributed by atoms with E-state index in [4.69, 9.17) is 0 Å². The maximum absolute atomic E-state index is 12.2. The molecule has 0 saturated carbocycles. The van der Waals surface area contributed by atoms with E-state index < -0.39 is 0 Å². The molecule has 4 N–H and O–H groups in total. The lowest BCUT2D eigenvalue weighted by Crippen LogP contribution is -2.36. The number of benzene rings is 1. The van der Waals surface area contributed by atoms with Crippen molar-refractivity contribution >= 4 is 22.9 Å². The summed E-state index contributed by atoms with van der Waals surface area (Å²) in [5.41, 5.74) is 7.64. The van der Waals surface area contributed by atoms with Crippen LogP contribution in [0.4, 0.5) is 0 Å². The van der Waals surface area contributed by atoms with Crippen LogP contribution in [0.15, 0.2) is 49.0 Å². The van der Waals surface area contributed by atoms with Gasteiger partial charge in [-0.2, -0.15) is 5.10 Å². The van der Waals surface area contributed by atoms with Crippen molar-refractivity contribution in [2.45, 2.75) is 6.92 Å². The predicted octanol–water partition coefficient (Wildman–Crippen LogP) is 3.06. The number of nitrogens with one attached hydrogen (secondary N) is 3. The summed E-state index contributed by atoms with van der Waals surface area (Å²) in [4.78, 5) is 14.4. The van der Waals surface area contributed by atoms with Crippen molar-refractivity contribution in [2.75, 3.05) is 0 Å². The average molecular weight is 340 g/mol. The van der Waals surface area contributed by atoms with Crippen molar-refractivity contribution in [3.63, 3.8) is 0 Å². The number of phenolic OH excluding ortho intramolecular Hbond substituents is 1. The number of hydrazine groups is 1.